The Bertz CT molecular complexity index is 263. The maximum Gasteiger partial charge on any atom is 0.137 e. The van der Waals surface area contributed by atoms with Gasteiger partial charge in [-0.1, -0.05) is 33.6 Å². The van der Waals surface area contributed by atoms with Gasteiger partial charge in [-0.05, 0) is 24.1 Å². The quantitative estimate of drug-likeness (QED) is 0.747. The number of hydrogen-bond donors (Lipinski definition) is 0. The molecule has 0 aliphatic rings. The Morgan fingerprint density at radius 1 is 1.50 bits per heavy atom. The van der Waals surface area contributed by atoms with Gasteiger partial charge in [0.1, 0.15) is 5.75 Å². The number of benzene rings is 1. The first-order valence-electron chi connectivity index (χ1n) is 3.66. The van der Waals surface area contributed by atoms with Crippen molar-refractivity contribution in [2.75, 3.05) is 12.4 Å². The van der Waals surface area contributed by atoms with Crippen LogP contribution in [0.25, 0.3) is 0 Å². The summed E-state index contributed by atoms with van der Waals surface area (Å²) in [7, 11) is 1.62. The van der Waals surface area contributed by atoms with Crippen molar-refractivity contribution in [1.82, 2.24) is 0 Å². The van der Waals surface area contributed by atoms with Gasteiger partial charge in [0.05, 0.1) is 12.1 Å². The molecule has 1 aromatic rings. The van der Waals surface area contributed by atoms with Crippen LogP contribution in [0.15, 0.2) is 18.2 Å². The van der Waals surface area contributed by atoms with Crippen molar-refractivity contribution in [3.8, 4) is 5.75 Å². The molecule has 0 aliphatic heterocycles. The summed E-state index contributed by atoms with van der Waals surface area (Å²) in [6.07, 6.45) is 0.990. The van der Waals surface area contributed by atoms with Gasteiger partial charge < -0.3 is 4.74 Å². The summed E-state index contributed by atoms with van der Waals surface area (Å²) < 4.78 is 5.03. The summed E-state index contributed by atoms with van der Waals surface area (Å²) >= 11 is 9.30. The van der Waals surface area contributed by atoms with Crippen LogP contribution >= 0.6 is 27.5 Å². The van der Waals surface area contributed by atoms with Crippen LogP contribution in [0.2, 0.25) is 5.02 Å². The van der Waals surface area contributed by atoms with Crippen molar-refractivity contribution >= 4 is 27.5 Å². The summed E-state index contributed by atoms with van der Waals surface area (Å²) in [5.41, 5.74) is 1.22. The van der Waals surface area contributed by atoms with E-state index in [0.717, 1.165) is 17.5 Å². The minimum atomic E-state index is 0.677. The fourth-order valence-electron chi connectivity index (χ4n) is 0.975. The Labute approximate surface area is 85.8 Å². The Balaban J connectivity index is 2.86. The van der Waals surface area contributed by atoms with Crippen molar-refractivity contribution in [1.29, 1.82) is 0 Å². The molecule has 0 heterocycles. The largest absolute Gasteiger partial charge is 0.495 e. The molecule has 0 atom stereocenters. The lowest BCUT2D eigenvalue weighted by Gasteiger charge is -2.04. The lowest BCUT2D eigenvalue weighted by Crippen LogP contribution is -1.88. The highest BCUT2D eigenvalue weighted by Crippen LogP contribution is 2.25. The molecule has 0 N–H and O–H groups in total. The van der Waals surface area contributed by atoms with E-state index >= 15 is 0 Å². The van der Waals surface area contributed by atoms with Crippen molar-refractivity contribution in [2.24, 2.45) is 0 Å². The number of methoxy groups -OCH3 is 1. The van der Waals surface area contributed by atoms with Crippen LogP contribution in [0.5, 0.6) is 5.75 Å². The summed E-state index contributed by atoms with van der Waals surface area (Å²) in [5, 5.41) is 1.63. The molecule has 66 valence electrons. The topological polar surface area (TPSA) is 9.23 Å². The Hall–Kier alpha value is -0.210. The third-order valence-electron chi connectivity index (χ3n) is 1.60. The van der Waals surface area contributed by atoms with Crippen molar-refractivity contribution in [3.63, 3.8) is 0 Å². The first-order valence-corrected chi connectivity index (χ1v) is 5.16. The Morgan fingerprint density at radius 2 is 2.25 bits per heavy atom. The van der Waals surface area contributed by atoms with Crippen LogP contribution in [0.3, 0.4) is 0 Å². The predicted molar refractivity (Wildman–Crippen MR) is 55.5 cm³/mol. The van der Waals surface area contributed by atoms with Gasteiger partial charge in [-0.2, -0.15) is 0 Å². The second-order valence-corrected chi connectivity index (χ2v) is 3.61. The van der Waals surface area contributed by atoms with Gasteiger partial charge in [0.15, 0.2) is 0 Å². The van der Waals surface area contributed by atoms with Crippen molar-refractivity contribution in [3.05, 3.63) is 28.8 Å². The molecule has 0 spiro atoms. The molecule has 0 saturated heterocycles. The molecule has 0 radical (unpaired) electrons. The number of alkyl halides is 1. The number of ether oxygens (including phenoxy) is 1. The van der Waals surface area contributed by atoms with Gasteiger partial charge >= 0.3 is 0 Å². The standard InChI is InChI=1S/C9H10BrClO/c1-12-9-3-2-7(4-5-10)6-8(9)11/h2-3,6H,4-5H2,1H3. The highest BCUT2D eigenvalue weighted by Gasteiger charge is 2.00. The van der Waals surface area contributed by atoms with Crippen LogP contribution < -0.4 is 4.74 Å². The van der Waals surface area contributed by atoms with Gasteiger partial charge in [-0.25, -0.2) is 0 Å². The second kappa shape index (κ2) is 4.73. The minimum absolute atomic E-state index is 0.677. The van der Waals surface area contributed by atoms with Gasteiger partial charge in [0, 0.05) is 5.33 Å². The SMILES string of the molecule is COc1ccc(CCBr)cc1Cl. The molecule has 1 nitrogen and oxygen atoms in total. The highest BCUT2D eigenvalue weighted by molar-refractivity contribution is 9.09. The van der Waals surface area contributed by atoms with Crippen LogP contribution in [0.1, 0.15) is 5.56 Å². The maximum absolute atomic E-state index is 5.92. The van der Waals surface area contributed by atoms with E-state index in [0.29, 0.717) is 5.02 Å². The maximum atomic E-state index is 5.92. The lowest BCUT2D eigenvalue weighted by atomic mass is 10.2. The van der Waals surface area contributed by atoms with Crippen LogP contribution in [-0.4, -0.2) is 12.4 Å². The average Bonchev–Trinajstić information content (AvgIpc) is 2.05. The predicted octanol–water partition coefficient (Wildman–Crippen LogP) is 3.29. The number of halogens is 2. The fourth-order valence-corrected chi connectivity index (χ4v) is 1.71. The van der Waals surface area contributed by atoms with E-state index in [1.807, 2.05) is 18.2 Å². The Morgan fingerprint density at radius 3 is 2.75 bits per heavy atom. The molecule has 0 fully saturated rings. The van der Waals surface area contributed by atoms with Gasteiger partial charge in [-0.3, -0.25) is 0 Å². The number of rotatable bonds is 3. The van der Waals surface area contributed by atoms with E-state index in [9.17, 15) is 0 Å². The number of hydrogen-bond acceptors (Lipinski definition) is 1. The normalized spacial score (nSPS) is 9.92. The van der Waals surface area contributed by atoms with Gasteiger partial charge in [-0.15, -0.1) is 0 Å². The highest BCUT2D eigenvalue weighted by atomic mass is 79.9. The number of aryl methyl sites for hydroxylation is 1. The molecule has 3 heteroatoms. The molecular formula is C9H10BrClO. The summed E-state index contributed by atoms with van der Waals surface area (Å²) in [6.45, 7) is 0. The molecule has 1 aromatic carbocycles. The molecule has 0 aliphatic carbocycles. The van der Waals surface area contributed by atoms with E-state index in [2.05, 4.69) is 15.9 Å². The van der Waals surface area contributed by atoms with Crippen LogP contribution in [-0.2, 0) is 6.42 Å². The van der Waals surface area contributed by atoms with Crippen LogP contribution in [0, 0.1) is 0 Å². The average molecular weight is 250 g/mol. The van der Waals surface area contributed by atoms with Crippen molar-refractivity contribution in [2.45, 2.75) is 6.42 Å². The van der Waals surface area contributed by atoms with Crippen LogP contribution in [0.4, 0.5) is 0 Å². The molecule has 0 bridgehead atoms. The zero-order valence-corrected chi connectivity index (χ0v) is 9.15. The molecule has 1 rings (SSSR count). The zero-order chi connectivity index (χ0) is 8.97. The first-order chi connectivity index (χ1) is 5.77. The second-order valence-electron chi connectivity index (χ2n) is 2.41. The van der Waals surface area contributed by atoms with Gasteiger partial charge in [0.25, 0.3) is 0 Å². The fraction of sp³-hybridized carbons (Fsp3) is 0.333. The molecule has 0 aromatic heterocycles. The third-order valence-corrected chi connectivity index (χ3v) is 2.29. The van der Waals surface area contributed by atoms with E-state index in [1.54, 1.807) is 7.11 Å². The molecule has 12 heavy (non-hydrogen) atoms. The molecule has 0 saturated carbocycles. The van der Waals surface area contributed by atoms with Crippen molar-refractivity contribution < 1.29 is 4.74 Å². The molecular weight excluding hydrogens is 239 g/mol. The smallest absolute Gasteiger partial charge is 0.137 e. The summed E-state index contributed by atoms with van der Waals surface area (Å²) in [6, 6.07) is 5.84. The Kier molecular flexibility index (Phi) is 3.89. The summed E-state index contributed by atoms with van der Waals surface area (Å²) in [5.74, 6) is 0.731. The van der Waals surface area contributed by atoms with E-state index in [-0.39, 0.29) is 0 Å². The van der Waals surface area contributed by atoms with E-state index < -0.39 is 0 Å². The molecule has 0 unspecified atom stereocenters. The monoisotopic (exact) mass is 248 g/mol. The minimum Gasteiger partial charge on any atom is -0.495 e. The van der Waals surface area contributed by atoms with Gasteiger partial charge in [0.2, 0.25) is 0 Å². The summed E-state index contributed by atoms with van der Waals surface area (Å²) in [4.78, 5) is 0. The molecule has 0 amide bonds. The van der Waals surface area contributed by atoms with E-state index in [4.69, 9.17) is 16.3 Å². The zero-order valence-electron chi connectivity index (χ0n) is 6.81. The first kappa shape index (κ1) is 9.87. The van der Waals surface area contributed by atoms with E-state index in [1.165, 1.54) is 5.56 Å². The third kappa shape index (κ3) is 2.39. The lowest BCUT2D eigenvalue weighted by molar-refractivity contribution is 0.415.